The number of carbonyl (C=O) groups excluding carboxylic acids is 2. The number of pyridine rings is 1. The molecule has 0 bridgehead atoms. The summed E-state index contributed by atoms with van der Waals surface area (Å²) in [4.78, 5) is 33.3. The van der Waals surface area contributed by atoms with Gasteiger partial charge >= 0.3 is 5.97 Å². The molecule has 0 radical (unpaired) electrons. The number of aliphatic hydroxyl groups excluding tert-OH is 1. The Labute approximate surface area is 165 Å². The van der Waals surface area contributed by atoms with Crippen molar-refractivity contribution in [2.75, 3.05) is 20.3 Å². The monoisotopic (exact) mass is 448 g/mol. The van der Waals surface area contributed by atoms with Gasteiger partial charge in [0.25, 0.3) is 0 Å². The van der Waals surface area contributed by atoms with Crippen LogP contribution in [0.4, 0.5) is 0 Å². The quantitative estimate of drug-likeness (QED) is 0.205. The molecular weight excluding hydrogens is 428 g/mol. The summed E-state index contributed by atoms with van der Waals surface area (Å²) in [5.41, 5.74) is 0.0361. The predicted octanol–water partition coefficient (Wildman–Crippen LogP) is 2.96. The van der Waals surface area contributed by atoms with Gasteiger partial charge in [0, 0.05) is 6.21 Å². The molecule has 9 heteroatoms. The second-order valence-corrected chi connectivity index (χ2v) is 6.92. The number of Topliss-reactive ketones (excluding diaryl/α,β-unsaturated/α-hetero) is 1. The average Bonchev–Trinajstić information content (AvgIpc) is 2.59. The van der Waals surface area contributed by atoms with Crippen molar-refractivity contribution < 1.29 is 24.2 Å². The Bertz CT molecular complexity index is 681. The van der Waals surface area contributed by atoms with Crippen LogP contribution in [0.2, 0.25) is 5.15 Å². The van der Waals surface area contributed by atoms with Crippen LogP contribution >= 0.6 is 27.5 Å². The van der Waals surface area contributed by atoms with Crippen LogP contribution in [-0.4, -0.2) is 54.4 Å². The summed E-state index contributed by atoms with van der Waals surface area (Å²) in [7, 11) is 1.42. The third-order valence-corrected chi connectivity index (χ3v) is 4.42. The molecule has 0 saturated heterocycles. The molecular formula is C17H22BrClN2O5. The molecule has 1 rings (SSSR count). The molecule has 0 fully saturated rings. The average molecular weight is 450 g/mol. The van der Waals surface area contributed by atoms with Crippen molar-refractivity contribution in [1.82, 2.24) is 4.98 Å². The van der Waals surface area contributed by atoms with E-state index in [0.29, 0.717) is 4.47 Å². The molecule has 0 aromatic carbocycles. The highest BCUT2D eigenvalue weighted by Gasteiger charge is 2.30. The standard InChI is InChI=1S/C17H22BrClN2O5/c1-5-26-17(24)11(7-20-13(8-22)9(2)3)14(23)10-6-12(18)16(25-4)21-15(10)19/h6-7,9,11,13,22H,5,8H2,1-4H3/t11?,13-/m1/s1. The summed E-state index contributed by atoms with van der Waals surface area (Å²) in [6.07, 6.45) is 1.20. The lowest BCUT2D eigenvalue weighted by atomic mass is 9.99. The summed E-state index contributed by atoms with van der Waals surface area (Å²) in [5.74, 6) is -2.39. The third-order valence-electron chi connectivity index (χ3n) is 3.56. The molecule has 0 aliphatic heterocycles. The molecule has 26 heavy (non-hydrogen) atoms. The number of aliphatic hydroxyl groups is 1. The highest BCUT2D eigenvalue weighted by Crippen LogP contribution is 2.29. The number of nitrogens with zero attached hydrogens (tertiary/aromatic N) is 2. The van der Waals surface area contributed by atoms with E-state index in [1.54, 1.807) is 6.92 Å². The molecule has 1 heterocycles. The van der Waals surface area contributed by atoms with Crippen molar-refractivity contribution in [3.63, 3.8) is 0 Å². The third kappa shape index (κ3) is 5.75. The number of esters is 1. The number of aromatic nitrogens is 1. The Morgan fingerprint density at radius 1 is 1.46 bits per heavy atom. The number of rotatable bonds is 9. The van der Waals surface area contributed by atoms with Crippen LogP contribution in [-0.2, 0) is 9.53 Å². The molecule has 0 saturated carbocycles. The van der Waals surface area contributed by atoms with Crippen LogP contribution in [0.5, 0.6) is 5.88 Å². The topological polar surface area (TPSA) is 98.1 Å². The maximum atomic E-state index is 12.9. The highest BCUT2D eigenvalue weighted by atomic mass is 79.9. The molecule has 1 N–H and O–H groups in total. The van der Waals surface area contributed by atoms with E-state index in [9.17, 15) is 14.7 Å². The zero-order chi connectivity index (χ0) is 19.9. The normalized spacial score (nSPS) is 13.7. The van der Waals surface area contributed by atoms with Crippen LogP contribution in [0.1, 0.15) is 31.1 Å². The van der Waals surface area contributed by atoms with Crippen molar-refractivity contribution >= 4 is 45.5 Å². The second-order valence-electron chi connectivity index (χ2n) is 5.70. The summed E-state index contributed by atoms with van der Waals surface area (Å²) in [5, 5.41) is 9.28. The summed E-state index contributed by atoms with van der Waals surface area (Å²) in [6, 6.07) is 0.999. The first-order valence-corrected chi connectivity index (χ1v) is 9.18. The number of ether oxygens (including phenoxy) is 2. The van der Waals surface area contributed by atoms with Crippen LogP contribution < -0.4 is 4.74 Å². The van der Waals surface area contributed by atoms with Crippen molar-refractivity contribution in [2.45, 2.75) is 26.8 Å². The van der Waals surface area contributed by atoms with Gasteiger partial charge < -0.3 is 14.6 Å². The van der Waals surface area contributed by atoms with Crippen LogP contribution in [0.15, 0.2) is 15.5 Å². The van der Waals surface area contributed by atoms with Gasteiger partial charge in [0.05, 0.1) is 36.4 Å². The number of aliphatic imine (C=N–C) groups is 1. The van der Waals surface area contributed by atoms with E-state index in [1.807, 2.05) is 13.8 Å². The minimum absolute atomic E-state index is 0.0361. The number of ketones is 1. The molecule has 0 aliphatic carbocycles. The lowest BCUT2D eigenvalue weighted by Crippen LogP contribution is -2.29. The maximum absolute atomic E-state index is 12.9. The predicted molar refractivity (Wildman–Crippen MR) is 102 cm³/mol. The maximum Gasteiger partial charge on any atom is 0.322 e. The van der Waals surface area contributed by atoms with E-state index in [-0.39, 0.29) is 35.7 Å². The molecule has 2 atom stereocenters. The molecule has 7 nitrogen and oxygen atoms in total. The molecule has 1 unspecified atom stereocenters. The van der Waals surface area contributed by atoms with Crippen LogP contribution in [0, 0.1) is 11.8 Å². The van der Waals surface area contributed by atoms with Gasteiger partial charge in [-0.25, -0.2) is 0 Å². The Morgan fingerprint density at radius 3 is 2.62 bits per heavy atom. The Balaban J connectivity index is 3.26. The van der Waals surface area contributed by atoms with E-state index < -0.39 is 23.7 Å². The van der Waals surface area contributed by atoms with Gasteiger partial charge in [-0.15, -0.1) is 0 Å². The van der Waals surface area contributed by atoms with Crippen LogP contribution in [0.3, 0.4) is 0 Å². The Morgan fingerprint density at radius 2 is 2.12 bits per heavy atom. The zero-order valence-electron chi connectivity index (χ0n) is 15.0. The fraction of sp³-hybridized carbons (Fsp3) is 0.529. The largest absolute Gasteiger partial charge is 0.480 e. The minimum Gasteiger partial charge on any atom is -0.480 e. The lowest BCUT2D eigenvalue weighted by Gasteiger charge is -2.16. The molecule has 0 aliphatic rings. The first-order chi connectivity index (χ1) is 12.3. The van der Waals surface area contributed by atoms with Crippen molar-refractivity contribution in [3.8, 4) is 5.88 Å². The highest BCUT2D eigenvalue weighted by molar-refractivity contribution is 9.10. The van der Waals surface area contributed by atoms with Gasteiger partial charge in [-0.3, -0.25) is 14.6 Å². The van der Waals surface area contributed by atoms with Gasteiger partial charge in [0.15, 0.2) is 11.7 Å². The van der Waals surface area contributed by atoms with Gasteiger partial charge in [-0.2, -0.15) is 4.98 Å². The van der Waals surface area contributed by atoms with Gasteiger partial charge in [0.1, 0.15) is 5.15 Å². The number of methoxy groups -OCH3 is 1. The summed E-state index contributed by atoms with van der Waals surface area (Å²) in [6.45, 7) is 5.30. The van der Waals surface area contributed by atoms with E-state index in [4.69, 9.17) is 21.1 Å². The second kappa shape index (κ2) is 10.6. The summed E-state index contributed by atoms with van der Waals surface area (Å²) >= 11 is 9.31. The number of carbonyl (C=O) groups is 2. The van der Waals surface area contributed by atoms with Gasteiger partial charge in [-0.05, 0) is 34.8 Å². The van der Waals surface area contributed by atoms with Crippen molar-refractivity contribution in [3.05, 3.63) is 21.3 Å². The fourth-order valence-electron chi connectivity index (χ4n) is 2.03. The Hall–Kier alpha value is -1.51. The van der Waals surface area contributed by atoms with Crippen molar-refractivity contribution in [2.24, 2.45) is 16.8 Å². The molecule has 0 amide bonds. The first-order valence-electron chi connectivity index (χ1n) is 8.01. The fourth-order valence-corrected chi connectivity index (χ4v) is 2.73. The number of halogens is 2. The smallest absolute Gasteiger partial charge is 0.322 e. The van der Waals surface area contributed by atoms with E-state index >= 15 is 0 Å². The first kappa shape index (κ1) is 22.5. The molecule has 144 valence electrons. The molecule has 1 aromatic heterocycles. The van der Waals surface area contributed by atoms with Gasteiger partial charge in [-0.1, -0.05) is 25.4 Å². The lowest BCUT2D eigenvalue weighted by molar-refractivity contribution is -0.143. The van der Waals surface area contributed by atoms with Crippen LogP contribution in [0.25, 0.3) is 0 Å². The molecule has 1 aromatic rings. The van der Waals surface area contributed by atoms with E-state index in [1.165, 1.54) is 19.4 Å². The van der Waals surface area contributed by atoms with Crippen molar-refractivity contribution in [1.29, 1.82) is 0 Å². The molecule has 0 spiro atoms. The summed E-state index contributed by atoms with van der Waals surface area (Å²) < 4.78 is 10.4. The Kier molecular flexibility index (Phi) is 9.18. The number of hydrogen-bond acceptors (Lipinski definition) is 7. The minimum atomic E-state index is -1.29. The van der Waals surface area contributed by atoms with Gasteiger partial charge in [0.2, 0.25) is 5.88 Å². The zero-order valence-corrected chi connectivity index (χ0v) is 17.4. The SMILES string of the molecule is CCOC(=O)C(C=N[C@H](CO)C(C)C)C(=O)c1cc(Br)c(OC)nc1Cl. The van der Waals surface area contributed by atoms with E-state index in [0.717, 1.165) is 0 Å². The van der Waals surface area contributed by atoms with E-state index in [2.05, 4.69) is 25.9 Å². The number of hydrogen-bond donors (Lipinski definition) is 1.